The zero-order chi connectivity index (χ0) is 17.9. The molecular formula is C20H16ClNO3. The van der Waals surface area contributed by atoms with E-state index >= 15 is 0 Å². The first kappa shape index (κ1) is 17.0. The van der Waals surface area contributed by atoms with Gasteiger partial charge in [0.1, 0.15) is 11.5 Å². The van der Waals surface area contributed by atoms with Crippen LogP contribution in [0.1, 0.15) is 11.1 Å². The SMILES string of the molecule is NC(=O)C(O)(c1ccccc1)c1c(Cl)cccc1Oc1ccccc1. The molecule has 3 aromatic carbocycles. The minimum absolute atomic E-state index is 0.110. The highest BCUT2D eigenvalue weighted by Gasteiger charge is 2.42. The Labute approximate surface area is 150 Å². The maximum atomic E-state index is 12.2. The van der Waals surface area contributed by atoms with Gasteiger partial charge in [-0.15, -0.1) is 0 Å². The molecule has 0 radical (unpaired) electrons. The Kier molecular flexibility index (Phi) is 4.74. The number of benzene rings is 3. The van der Waals surface area contributed by atoms with E-state index in [-0.39, 0.29) is 16.3 Å². The van der Waals surface area contributed by atoms with Crippen molar-refractivity contribution >= 4 is 17.5 Å². The first-order chi connectivity index (χ1) is 12.0. The molecule has 25 heavy (non-hydrogen) atoms. The van der Waals surface area contributed by atoms with Crippen LogP contribution in [0.4, 0.5) is 0 Å². The number of nitrogens with two attached hydrogens (primary N) is 1. The smallest absolute Gasteiger partial charge is 0.259 e. The van der Waals surface area contributed by atoms with Gasteiger partial charge in [0, 0.05) is 0 Å². The Morgan fingerprint density at radius 3 is 2.12 bits per heavy atom. The minimum Gasteiger partial charge on any atom is -0.457 e. The second-order valence-electron chi connectivity index (χ2n) is 5.47. The van der Waals surface area contributed by atoms with Gasteiger partial charge in [0.05, 0.1) is 10.6 Å². The van der Waals surface area contributed by atoms with Crippen LogP contribution in [0.15, 0.2) is 78.9 Å². The maximum Gasteiger partial charge on any atom is 0.259 e. The number of halogens is 1. The molecule has 0 aliphatic rings. The highest BCUT2D eigenvalue weighted by Crippen LogP contribution is 2.41. The van der Waals surface area contributed by atoms with Crippen molar-refractivity contribution in [1.82, 2.24) is 0 Å². The van der Waals surface area contributed by atoms with Crippen LogP contribution in [0.2, 0.25) is 5.02 Å². The van der Waals surface area contributed by atoms with Gasteiger partial charge in [-0.25, -0.2) is 0 Å². The van der Waals surface area contributed by atoms with E-state index in [1.54, 1.807) is 60.7 Å². The highest BCUT2D eigenvalue weighted by molar-refractivity contribution is 6.32. The summed E-state index contributed by atoms with van der Waals surface area (Å²) in [6.45, 7) is 0. The molecule has 1 unspecified atom stereocenters. The summed E-state index contributed by atoms with van der Waals surface area (Å²) in [6.07, 6.45) is 0. The summed E-state index contributed by atoms with van der Waals surface area (Å²) < 4.78 is 5.86. The third kappa shape index (κ3) is 3.22. The average Bonchev–Trinajstić information content (AvgIpc) is 2.63. The van der Waals surface area contributed by atoms with Gasteiger partial charge in [-0.2, -0.15) is 0 Å². The maximum absolute atomic E-state index is 12.2. The molecule has 0 saturated heterocycles. The summed E-state index contributed by atoms with van der Waals surface area (Å²) in [7, 11) is 0. The van der Waals surface area contributed by atoms with Gasteiger partial charge in [0.25, 0.3) is 5.91 Å². The largest absolute Gasteiger partial charge is 0.457 e. The molecule has 5 heteroatoms. The molecule has 3 N–H and O–H groups in total. The number of rotatable bonds is 5. The van der Waals surface area contributed by atoms with E-state index in [1.165, 1.54) is 0 Å². The normalized spacial score (nSPS) is 13.0. The Morgan fingerprint density at radius 1 is 0.920 bits per heavy atom. The molecule has 0 fully saturated rings. The van der Waals surface area contributed by atoms with Gasteiger partial charge in [-0.05, 0) is 29.8 Å². The van der Waals surface area contributed by atoms with E-state index < -0.39 is 11.5 Å². The summed E-state index contributed by atoms with van der Waals surface area (Å²) >= 11 is 6.33. The molecule has 0 aromatic heterocycles. The van der Waals surface area contributed by atoms with Crippen LogP contribution in [-0.2, 0) is 10.4 Å². The van der Waals surface area contributed by atoms with E-state index in [0.29, 0.717) is 11.3 Å². The quantitative estimate of drug-likeness (QED) is 0.731. The number of para-hydroxylation sites is 1. The number of carbonyl (C=O) groups is 1. The summed E-state index contributed by atoms with van der Waals surface area (Å²) in [6, 6.07) is 22.3. The van der Waals surface area contributed by atoms with Crippen molar-refractivity contribution in [2.75, 3.05) is 0 Å². The van der Waals surface area contributed by atoms with Gasteiger partial charge in [0.2, 0.25) is 0 Å². The summed E-state index contributed by atoms with van der Waals surface area (Å²) in [5, 5.41) is 11.4. The van der Waals surface area contributed by atoms with Gasteiger partial charge in [-0.1, -0.05) is 66.2 Å². The lowest BCUT2D eigenvalue weighted by molar-refractivity contribution is -0.133. The number of aliphatic hydroxyl groups is 1. The predicted octanol–water partition coefficient (Wildman–Crippen LogP) is 3.85. The minimum atomic E-state index is -2.12. The number of primary amides is 1. The molecule has 3 aromatic rings. The lowest BCUT2D eigenvalue weighted by Crippen LogP contribution is -2.42. The van der Waals surface area contributed by atoms with Gasteiger partial charge < -0.3 is 15.6 Å². The molecule has 0 saturated carbocycles. The zero-order valence-corrected chi connectivity index (χ0v) is 14.0. The van der Waals surface area contributed by atoms with E-state index in [1.807, 2.05) is 18.2 Å². The van der Waals surface area contributed by atoms with Crippen LogP contribution in [0.25, 0.3) is 0 Å². The molecule has 0 aliphatic carbocycles. The number of hydrogen-bond donors (Lipinski definition) is 2. The fourth-order valence-corrected chi connectivity index (χ4v) is 2.95. The van der Waals surface area contributed by atoms with E-state index in [0.717, 1.165) is 0 Å². The van der Waals surface area contributed by atoms with Crippen molar-refractivity contribution in [3.05, 3.63) is 95.0 Å². The molecular weight excluding hydrogens is 338 g/mol. The topological polar surface area (TPSA) is 72.6 Å². The second kappa shape index (κ2) is 6.97. The molecule has 1 amide bonds. The second-order valence-corrected chi connectivity index (χ2v) is 5.88. The number of hydrogen-bond acceptors (Lipinski definition) is 3. The van der Waals surface area contributed by atoms with E-state index in [9.17, 15) is 9.90 Å². The van der Waals surface area contributed by atoms with Crippen molar-refractivity contribution in [2.45, 2.75) is 5.60 Å². The van der Waals surface area contributed by atoms with E-state index in [2.05, 4.69) is 0 Å². The van der Waals surface area contributed by atoms with Crippen LogP contribution in [0.3, 0.4) is 0 Å². The molecule has 1 atom stereocenters. The Bertz CT molecular complexity index is 884. The predicted molar refractivity (Wildman–Crippen MR) is 96.6 cm³/mol. The van der Waals surface area contributed by atoms with Crippen LogP contribution >= 0.6 is 11.6 Å². The molecule has 4 nitrogen and oxygen atoms in total. The fraction of sp³-hybridized carbons (Fsp3) is 0.0500. The van der Waals surface area contributed by atoms with Gasteiger partial charge in [0.15, 0.2) is 5.60 Å². The lowest BCUT2D eigenvalue weighted by atomic mass is 9.85. The fourth-order valence-electron chi connectivity index (χ4n) is 2.65. The zero-order valence-electron chi connectivity index (χ0n) is 13.2. The average molecular weight is 354 g/mol. The molecule has 0 aliphatic heterocycles. The monoisotopic (exact) mass is 353 g/mol. The standard InChI is InChI=1S/C20H16ClNO3/c21-16-12-7-13-17(25-15-10-5-2-6-11-15)18(16)20(24,19(22)23)14-8-3-1-4-9-14/h1-13,24H,(H2,22,23). The van der Waals surface area contributed by atoms with Gasteiger partial charge >= 0.3 is 0 Å². The molecule has 0 bridgehead atoms. The molecule has 126 valence electrons. The van der Waals surface area contributed by atoms with E-state index in [4.69, 9.17) is 22.1 Å². The first-order valence-electron chi connectivity index (χ1n) is 7.63. The highest BCUT2D eigenvalue weighted by atomic mass is 35.5. The lowest BCUT2D eigenvalue weighted by Gasteiger charge is -2.28. The molecule has 0 spiro atoms. The Hall–Kier alpha value is -2.82. The summed E-state index contributed by atoms with van der Waals surface area (Å²) in [4.78, 5) is 12.2. The molecule has 0 heterocycles. The summed E-state index contributed by atoms with van der Waals surface area (Å²) in [5.74, 6) is -0.139. The number of amides is 1. The van der Waals surface area contributed by atoms with Gasteiger partial charge in [-0.3, -0.25) is 4.79 Å². The summed E-state index contributed by atoms with van der Waals surface area (Å²) in [5.41, 5.74) is 3.87. The number of carbonyl (C=O) groups excluding carboxylic acids is 1. The van der Waals surface area contributed by atoms with Crippen molar-refractivity contribution < 1.29 is 14.6 Å². The van der Waals surface area contributed by atoms with Crippen molar-refractivity contribution in [3.63, 3.8) is 0 Å². The third-order valence-corrected chi connectivity index (χ3v) is 4.17. The van der Waals surface area contributed by atoms with Crippen LogP contribution in [0, 0.1) is 0 Å². The number of ether oxygens (including phenoxy) is 1. The van der Waals surface area contributed by atoms with Crippen LogP contribution in [-0.4, -0.2) is 11.0 Å². The van der Waals surface area contributed by atoms with Crippen LogP contribution in [0.5, 0.6) is 11.5 Å². The molecule has 3 rings (SSSR count). The first-order valence-corrected chi connectivity index (χ1v) is 8.01. The Balaban J connectivity index is 2.19. The van der Waals surface area contributed by atoms with Crippen molar-refractivity contribution in [1.29, 1.82) is 0 Å². The third-order valence-electron chi connectivity index (χ3n) is 3.86. The van der Waals surface area contributed by atoms with Crippen molar-refractivity contribution in [3.8, 4) is 11.5 Å². The Morgan fingerprint density at radius 2 is 1.52 bits per heavy atom. The van der Waals surface area contributed by atoms with Crippen molar-refractivity contribution in [2.24, 2.45) is 5.73 Å². The van der Waals surface area contributed by atoms with Crippen LogP contribution < -0.4 is 10.5 Å².